The molecule has 4 heterocycles. The molecule has 0 atom stereocenters. The first-order valence-corrected chi connectivity index (χ1v) is 12.7. The van der Waals surface area contributed by atoms with Gasteiger partial charge in [-0.3, -0.25) is 0 Å². The number of thiophene rings is 1. The smallest absolute Gasteiger partial charge is 0.248 e. The highest BCUT2D eigenvalue weighted by atomic mass is 35.5. The minimum atomic E-state index is -3.67. The molecule has 1 aliphatic heterocycles. The normalized spacial score (nSPS) is 15.5. The van der Waals surface area contributed by atoms with E-state index in [1.165, 1.54) is 4.31 Å². The lowest BCUT2D eigenvalue weighted by molar-refractivity contribution is 0.378. The highest BCUT2D eigenvalue weighted by molar-refractivity contribution is 7.89. The minimum absolute atomic E-state index is 0.165. The Hall–Kier alpha value is -2.53. The molecule has 5 rings (SSSR count). The number of piperazine rings is 1. The van der Waals surface area contributed by atoms with Crippen molar-refractivity contribution in [1.82, 2.24) is 19.4 Å². The van der Waals surface area contributed by atoms with Crippen LogP contribution in [0.1, 0.15) is 11.5 Å². The van der Waals surface area contributed by atoms with Gasteiger partial charge in [-0.1, -0.05) is 28.9 Å². The quantitative estimate of drug-likeness (QED) is 0.425. The lowest BCUT2D eigenvalue weighted by Gasteiger charge is -2.34. The Bertz CT molecular complexity index is 1370. The molecule has 0 bridgehead atoms. The lowest BCUT2D eigenvalue weighted by Crippen LogP contribution is -2.49. The van der Waals surface area contributed by atoms with E-state index in [1.54, 1.807) is 31.5 Å². The molecule has 166 valence electrons. The molecule has 11 heteroatoms. The van der Waals surface area contributed by atoms with Crippen molar-refractivity contribution < 1.29 is 12.9 Å². The molecule has 0 aliphatic carbocycles. The molecule has 0 N–H and O–H groups in total. The van der Waals surface area contributed by atoms with Crippen LogP contribution in [0.2, 0.25) is 5.02 Å². The van der Waals surface area contributed by atoms with Gasteiger partial charge in [-0.15, -0.1) is 11.3 Å². The van der Waals surface area contributed by atoms with Gasteiger partial charge in [-0.05, 0) is 31.5 Å². The van der Waals surface area contributed by atoms with Crippen molar-refractivity contribution in [3.8, 4) is 11.1 Å². The van der Waals surface area contributed by atoms with Gasteiger partial charge < -0.3 is 9.42 Å². The van der Waals surface area contributed by atoms with E-state index in [4.69, 9.17) is 16.1 Å². The first kappa shape index (κ1) is 21.3. The van der Waals surface area contributed by atoms with E-state index in [0.717, 1.165) is 27.2 Å². The van der Waals surface area contributed by atoms with Gasteiger partial charge in [0.1, 0.15) is 27.6 Å². The number of aryl methyl sites for hydroxylation is 2. The highest BCUT2D eigenvalue weighted by Crippen LogP contribution is 2.38. The zero-order chi connectivity index (χ0) is 22.5. The molecular weight excluding hydrogens is 470 g/mol. The van der Waals surface area contributed by atoms with Crippen LogP contribution in [0.3, 0.4) is 0 Å². The Balaban J connectivity index is 1.45. The number of benzene rings is 1. The second-order valence-corrected chi connectivity index (χ2v) is 10.7. The molecule has 0 saturated carbocycles. The van der Waals surface area contributed by atoms with E-state index in [-0.39, 0.29) is 4.90 Å². The van der Waals surface area contributed by atoms with E-state index in [9.17, 15) is 8.42 Å². The van der Waals surface area contributed by atoms with Crippen LogP contribution in [0, 0.1) is 13.8 Å². The SMILES string of the molecule is Cc1noc(C)c1S(=O)(=O)N1CCN(c2ncnc3scc(-c4ccc(Cl)cc4)c23)CC1. The number of hydrogen-bond acceptors (Lipinski definition) is 8. The number of nitrogens with zero attached hydrogens (tertiary/aromatic N) is 5. The molecule has 1 saturated heterocycles. The van der Waals surface area contributed by atoms with Crippen LogP contribution in [-0.4, -0.2) is 54.0 Å². The fourth-order valence-corrected chi connectivity index (χ4v) is 6.80. The molecule has 4 aromatic rings. The van der Waals surface area contributed by atoms with Crippen molar-refractivity contribution in [1.29, 1.82) is 0 Å². The van der Waals surface area contributed by atoms with Crippen molar-refractivity contribution in [2.24, 2.45) is 0 Å². The highest BCUT2D eigenvalue weighted by Gasteiger charge is 2.34. The van der Waals surface area contributed by atoms with Gasteiger partial charge in [-0.2, -0.15) is 4.31 Å². The van der Waals surface area contributed by atoms with Crippen LogP contribution in [0.15, 0.2) is 45.4 Å². The van der Waals surface area contributed by atoms with Crippen molar-refractivity contribution >= 4 is 49.0 Å². The molecule has 32 heavy (non-hydrogen) atoms. The summed E-state index contributed by atoms with van der Waals surface area (Å²) in [4.78, 5) is 12.2. The Kier molecular flexibility index (Phi) is 5.40. The van der Waals surface area contributed by atoms with Gasteiger partial charge in [0.15, 0.2) is 5.76 Å². The maximum Gasteiger partial charge on any atom is 0.248 e. The predicted octanol–water partition coefficient (Wildman–Crippen LogP) is 4.13. The van der Waals surface area contributed by atoms with Crippen molar-refractivity contribution in [3.63, 3.8) is 0 Å². The standard InChI is InChI=1S/C21H20ClN5O3S2/c1-13-19(14(2)30-25-13)32(28,29)27-9-7-26(8-10-27)20-18-17(11-31-21(18)24-12-23-20)15-3-5-16(22)6-4-15/h3-6,11-12H,7-10H2,1-2H3. The first-order valence-electron chi connectivity index (χ1n) is 10.0. The topological polar surface area (TPSA) is 92.4 Å². The number of hydrogen-bond donors (Lipinski definition) is 0. The zero-order valence-corrected chi connectivity index (χ0v) is 19.8. The first-order chi connectivity index (χ1) is 15.4. The monoisotopic (exact) mass is 489 g/mol. The third-order valence-electron chi connectivity index (χ3n) is 5.61. The second kappa shape index (κ2) is 8.11. The Morgan fingerprint density at radius 1 is 1.06 bits per heavy atom. The van der Waals surface area contributed by atoms with E-state index >= 15 is 0 Å². The number of halogens is 1. The van der Waals surface area contributed by atoms with Crippen LogP contribution < -0.4 is 4.90 Å². The number of aromatic nitrogens is 3. The van der Waals surface area contributed by atoms with Crippen molar-refractivity contribution in [3.05, 3.63) is 52.4 Å². The molecule has 3 aromatic heterocycles. The second-order valence-electron chi connectivity index (χ2n) is 7.58. The number of fused-ring (bicyclic) bond motifs is 1. The van der Waals surface area contributed by atoms with Gasteiger partial charge in [0.2, 0.25) is 10.0 Å². The van der Waals surface area contributed by atoms with Crippen LogP contribution in [-0.2, 0) is 10.0 Å². The molecule has 1 fully saturated rings. The van der Waals surface area contributed by atoms with Crippen LogP contribution >= 0.6 is 22.9 Å². The van der Waals surface area contributed by atoms with Gasteiger partial charge in [-0.25, -0.2) is 18.4 Å². The largest absolute Gasteiger partial charge is 0.360 e. The Labute approximate surface area is 194 Å². The van der Waals surface area contributed by atoms with Crippen LogP contribution in [0.25, 0.3) is 21.3 Å². The third kappa shape index (κ3) is 3.57. The van der Waals surface area contributed by atoms with Crippen LogP contribution in [0.5, 0.6) is 0 Å². The van der Waals surface area contributed by atoms with E-state index in [1.807, 2.05) is 24.3 Å². The van der Waals surface area contributed by atoms with Gasteiger partial charge >= 0.3 is 0 Å². The fraction of sp³-hybridized carbons (Fsp3) is 0.286. The maximum absolute atomic E-state index is 13.1. The number of rotatable bonds is 4. The molecule has 1 aromatic carbocycles. The summed E-state index contributed by atoms with van der Waals surface area (Å²) in [5.41, 5.74) is 2.47. The predicted molar refractivity (Wildman–Crippen MR) is 125 cm³/mol. The minimum Gasteiger partial charge on any atom is -0.360 e. The average Bonchev–Trinajstić information content (AvgIpc) is 3.37. The average molecular weight is 490 g/mol. The summed E-state index contributed by atoms with van der Waals surface area (Å²) in [5, 5.41) is 7.53. The molecule has 1 aliphatic rings. The molecule has 0 amide bonds. The molecule has 8 nitrogen and oxygen atoms in total. The Morgan fingerprint density at radius 2 is 1.78 bits per heavy atom. The number of sulfonamides is 1. The van der Waals surface area contributed by atoms with E-state index in [0.29, 0.717) is 42.7 Å². The Morgan fingerprint density at radius 3 is 2.44 bits per heavy atom. The summed E-state index contributed by atoms with van der Waals surface area (Å²) < 4.78 is 32.8. The van der Waals surface area contributed by atoms with E-state index < -0.39 is 10.0 Å². The van der Waals surface area contributed by atoms with Gasteiger partial charge in [0, 0.05) is 42.1 Å². The molecular formula is C21H20ClN5O3S2. The maximum atomic E-state index is 13.1. The zero-order valence-electron chi connectivity index (χ0n) is 17.4. The summed E-state index contributed by atoms with van der Waals surface area (Å²) in [5.74, 6) is 1.13. The fourth-order valence-electron chi connectivity index (χ4n) is 4.05. The summed E-state index contributed by atoms with van der Waals surface area (Å²) in [6, 6.07) is 7.69. The molecule has 0 radical (unpaired) electrons. The third-order valence-corrected chi connectivity index (χ3v) is 8.89. The number of anilines is 1. The summed E-state index contributed by atoms with van der Waals surface area (Å²) in [6.07, 6.45) is 1.56. The van der Waals surface area contributed by atoms with Crippen molar-refractivity contribution in [2.45, 2.75) is 18.7 Å². The lowest BCUT2D eigenvalue weighted by atomic mass is 10.1. The molecule has 0 spiro atoms. The summed E-state index contributed by atoms with van der Waals surface area (Å²) in [7, 11) is -3.67. The van der Waals surface area contributed by atoms with E-state index in [2.05, 4.69) is 25.4 Å². The molecule has 0 unspecified atom stereocenters. The van der Waals surface area contributed by atoms with Crippen LogP contribution in [0.4, 0.5) is 5.82 Å². The van der Waals surface area contributed by atoms with Crippen molar-refractivity contribution in [2.75, 3.05) is 31.1 Å². The summed E-state index contributed by atoms with van der Waals surface area (Å²) in [6.45, 7) is 4.99. The summed E-state index contributed by atoms with van der Waals surface area (Å²) >= 11 is 7.62. The van der Waals surface area contributed by atoms with Gasteiger partial charge in [0.05, 0.1) is 5.39 Å². The van der Waals surface area contributed by atoms with Gasteiger partial charge in [0.25, 0.3) is 0 Å².